The van der Waals surface area contributed by atoms with Crippen molar-refractivity contribution in [3.8, 4) is 18.2 Å². The van der Waals surface area contributed by atoms with Crippen LogP contribution in [0.25, 0.3) is 0 Å². The Morgan fingerprint density at radius 3 is 2.54 bits per heavy atom. The van der Waals surface area contributed by atoms with Gasteiger partial charge in [-0.15, -0.1) is 0 Å². The van der Waals surface area contributed by atoms with Crippen LogP contribution in [-0.2, 0) is 0 Å². The molecular formula is C21H19F2N5. The van der Waals surface area contributed by atoms with E-state index in [-0.39, 0.29) is 16.8 Å². The van der Waals surface area contributed by atoms with Gasteiger partial charge in [-0.05, 0) is 30.2 Å². The Bertz CT molecular complexity index is 976. The second-order valence-electron chi connectivity index (χ2n) is 7.10. The number of nitriles is 3. The molecule has 0 bridgehead atoms. The van der Waals surface area contributed by atoms with Crippen molar-refractivity contribution in [1.82, 2.24) is 4.90 Å². The molecule has 0 saturated heterocycles. The predicted octanol–water partition coefficient (Wildman–Crippen LogP) is 3.10. The molecule has 0 aromatic heterocycles. The zero-order valence-corrected chi connectivity index (χ0v) is 15.4. The molecule has 1 heterocycles. The summed E-state index contributed by atoms with van der Waals surface area (Å²) >= 11 is 0. The molecule has 0 radical (unpaired) electrons. The lowest BCUT2D eigenvalue weighted by atomic mass is 9.58. The number of benzene rings is 1. The largest absolute Gasteiger partial charge is 0.399 e. The van der Waals surface area contributed by atoms with Crippen LogP contribution in [0.1, 0.15) is 24.8 Å². The van der Waals surface area contributed by atoms with Gasteiger partial charge >= 0.3 is 0 Å². The molecule has 1 aromatic rings. The molecule has 0 amide bonds. The van der Waals surface area contributed by atoms with Crippen LogP contribution in [-0.4, -0.2) is 24.5 Å². The van der Waals surface area contributed by atoms with Crippen LogP contribution < -0.4 is 5.73 Å². The van der Waals surface area contributed by atoms with Gasteiger partial charge in [0.05, 0.1) is 23.4 Å². The van der Waals surface area contributed by atoms with Gasteiger partial charge in [0.25, 0.3) is 0 Å². The van der Waals surface area contributed by atoms with E-state index in [4.69, 9.17) is 5.73 Å². The second-order valence-corrected chi connectivity index (χ2v) is 7.10. The van der Waals surface area contributed by atoms with E-state index in [1.165, 1.54) is 6.07 Å². The van der Waals surface area contributed by atoms with Gasteiger partial charge in [0, 0.05) is 31.0 Å². The number of allylic oxidation sites excluding steroid dienone is 2. The highest BCUT2D eigenvalue weighted by Gasteiger charge is 2.55. The molecule has 3 rings (SSSR count). The van der Waals surface area contributed by atoms with Crippen molar-refractivity contribution >= 4 is 0 Å². The fraction of sp³-hybridized carbons (Fsp3) is 0.381. The maximum Gasteiger partial charge on any atom is 0.191 e. The van der Waals surface area contributed by atoms with E-state index in [2.05, 4.69) is 4.90 Å². The summed E-state index contributed by atoms with van der Waals surface area (Å²) in [6.07, 6.45) is 2.76. The number of halogens is 2. The number of nitrogens with zero attached hydrogens (tertiary/aromatic N) is 4. The fourth-order valence-electron chi connectivity index (χ4n) is 4.34. The minimum Gasteiger partial charge on any atom is -0.399 e. The van der Waals surface area contributed by atoms with Gasteiger partial charge in [0.2, 0.25) is 0 Å². The molecular weight excluding hydrogens is 360 g/mol. The lowest BCUT2D eigenvalue weighted by Crippen LogP contribution is -2.48. The SMILES string of the molecule is CCCN1CC=C2C(C#N)=C(N)C(C#N)(C#N)C(c3ccc(F)cc3F)C2C1. The van der Waals surface area contributed by atoms with E-state index < -0.39 is 28.9 Å². The van der Waals surface area contributed by atoms with E-state index >= 15 is 0 Å². The maximum atomic E-state index is 14.7. The van der Waals surface area contributed by atoms with Gasteiger partial charge in [-0.3, -0.25) is 4.90 Å². The first-order valence-electron chi connectivity index (χ1n) is 9.04. The normalized spacial score (nSPS) is 23.8. The van der Waals surface area contributed by atoms with E-state index in [0.29, 0.717) is 18.7 Å². The molecule has 0 spiro atoms. The summed E-state index contributed by atoms with van der Waals surface area (Å²) in [6, 6.07) is 9.04. The molecule has 1 aliphatic heterocycles. The van der Waals surface area contributed by atoms with Crippen molar-refractivity contribution < 1.29 is 8.78 Å². The van der Waals surface area contributed by atoms with Crippen molar-refractivity contribution in [1.29, 1.82) is 15.8 Å². The van der Waals surface area contributed by atoms with Crippen molar-refractivity contribution in [2.45, 2.75) is 19.3 Å². The zero-order valence-electron chi connectivity index (χ0n) is 15.4. The third-order valence-electron chi connectivity index (χ3n) is 5.58. The van der Waals surface area contributed by atoms with Crippen LogP contribution in [0, 0.1) is 57.0 Å². The highest BCUT2D eigenvalue weighted by Crippen LogP contribution is 2.54. The van der Waals surface area contributed by atoms with Gasteiger partial charge in [0.15, 0.2) is 5.41 Å². The quantitative estimate of drug-likeness (QED) is 0.870. The Morgan fingerprint density at radius 2 is 1.96 bits per heavy atom. The first-order chi connectivity index (χ1) is 13.4. The summed E-state index contributed by atoms with van der Waals surface area (Å²) in [4.78, 5) is 2.12. The summed E-state index contributed by atoms with van der Waals surface area (Å²) in [5, 5.41) is 29.5. The van der Waals surface area contributed by atoms with Crippen molar-refractivity contribution in [3.05, 3.63) is 58.3 Å². The fourth-order valence-corrected chi connectivity index (χ4v) is 4.34. The Hall–Kier alpha value is -3.21. The first kappa shape index (κ1) is 19.5. The second kappa shape index (κ2) is 7.43. The molecule has 142 valence electrons. The van der Waals surface area contributed by atoms with Crippen LogP contribution in [0.4, 0.5) is 8.78 Å². The summed E-state index contributed by atoms with van der Waals surface area (Å²) in [6.45, 7) is 3.87. The van der Waals surface area contributed by atoms with Gasteiger partial charge < -0.3 is 5.73 Å². The van der Waals surface area contributed by atoms with Crippen molar-refractivity contribution in [2.75, 3.05) is 19.6 Å². The molecule has 0 saturated carbocycles. The Morgan fingerprint density at radius 1 is 1.25 bits per heavy atom. The van der Waals surface area contributed by atoms with E-state index in [9.17, 15) is 24.6 Å². The molecule has 7 heteroatoms. The average molecular weight is 379 g/mol. The molecule has 28 heavy (non-hydrogen) atoms. The van der Waals surface area contributed by atoms with Crippen molar-refractivity contribution in [2.24, 2.45) is 17.1 Å². The van der Waals surface area contributed by atoms with Gasteiger partial charge in [-0.1, -0.05) is 19.1 Å². The number of fused-ring (bicyclic) bond motifs is 1. The smallest absolute Gasteiger partial charge is 0.191 e. The van der Waals surface area contributed by atoms with Crippen LogP contribution in [0.15, 0.2) is 41.1 Å². The van der Waals surface area contributed by atoms with Gasteiger partial charge in [-0.25, -0.2) is 8.78 Å². The average Bonchev–Trinajstić information content (AvgIpc) is 2.68. The van der Waals surface area contributed by atoms with Gasteiger partial charge in [0.1, 0.15) is 17.7 Å². The zero-order chi connectivity index (χ0) is 20.5. The van der Waals surface area contributed by atoms with E-state index in [1.54, 1.807) is 0 Å². The maximum absolute atomic E-state index is 14.7. The number of nitrogens with two attached hydrogens (primary N) is 1. The minimum atomic E-state index is -1.92. The highest BCUT2D eigenvalue weighted by atomic mass is 19.1. The van der Waals surface area contributed by atoms with Crippen LogP contribution in [0.2, 0.25) is 0 Å². The molecule has 1 aromatic carbocycles. The minimum absolute atomic E-state index is 0.0543. The third kappa shape index (κ3) is 2.83. The molecule has 5 nitrogen and oxygen atoms in total. The monoisotopic (exact) mass is 379 g/mol. The molecule has 2 atom stereocenters. The molecule has 2 unspecified atom stereocenters. The standard InChI is InChI=1S/C21H19F2N5/c1-2-6-28-7-5-14-16(9-24)20(27)21(11-25,12-26)19(17(14)10-28)15-4-3-13(22)8-18(15)23/h3-5,8,17,19H,2,6-7,10,27H2,1H3. The third-order valence-corrected chi connectivity index (χ3v) is 5.58. The van der Waals surface area contributed by atoms with Crippen molar-refractivity contribution in [3.63, 3.8) is 0 Å². The number of hydrogen-bond donors (Lipinski definition) is 1. The summed E-state index contributed by atoms with van der Waals surface area (Å²) in [5.74, 6) is -3.02. The van der Waals surface area contributed by atoms with Crippen LogP contribution >= 0.6 is 0 Å². The Kier molecular flexibility index (Phi) is 5.18. The summed E-state index contributed by atoms with van der Waals surface area (Å²) in [5.41, 5.74) is 4.87. The lowest BCUT2D eigenvalue weighted by Gasteiger charge is -2.45. The first-order valence-corrected chi connectivity index (χ1v) is 9.04. The Balaban J connectivity index is 2.30. The van der Waals surface area contributed by atoms with Crippen LogP contribution in [0.5, 0.6) is 0 Å². The molecule has 1 aliphatic carbocycles. The highest BCUT2D eigenvalue weighted by molar-refractivity contribution is 5.59. The Labute approximate surface area is 162 Å². The topological polar surface area (TPSA) is 101 Å². The number of hydrogen-bond acceptors (Lipinski definition) is 5. The molecule has 2 aliphatic rings. The number of rotatable bonds is 3. The summed E-state index contributed by atoms with van der Waals surface area (Å²) < 4.78 is 28.2. The van der Waals surface area contributed by atoms with E-state index in [0.717, 1.165) is 25.1 Å². The molecule has 0 fully saturated rings. The van der Waals surface area contributed by atoms with Gasteiger partial charge in [-0.2, -0.15) is 15.8 Å². The summed E-state index contributed by atoms with van der Waals surface area (Å²) in [7, 11) is 0. The predicted molar refractivity (Wildman–Crippen MR) is 97.9 cm³/mol. The van der Waals surface area contributed by atoms with Crippen LogP contribution in [0.3, 0.4) is 0 Å². The lowest BCUT2D eigenvalue weighted by molar-refractivity contribution is 0.205. The van der Waals surface area contributed by atoms with E-state index in [1.807, 2.05) is 31.2 Å². The molecule has 2 N–H and O–H groups in total.